The number of ketones is 1. The third-order valence-corrected chi connectivity index (χ3v) is 10.6. The van der Waals surface area contributed by atoms with Crippen LogP contribution in [0.3, 0.4) is 0 Å². The molecule has 1 aromatic rings. The number of Topliss-reactive ketones (excluding diaryl/α,β-unsaturated/α-hetero) is 1. The first kappa shape index (κ1) is 20.8. The third kappa shape index (κ3) is 2.75. The first-order valence-corrected chi connectivity index (χ1v) is 12.6. The zero-order valence-corrected chi connectivity index (χ0v) is 19.0. The summed E-state index contributed by atoms with van der Waals surface area (Å²) in [5, 5.41) is 13.1. The largest absolute Gasteiger partial charge is 0.297 e. The molecule has 6 rings (SSSR count). The maximum Gasteiger partial charge on any atom is 0.255 e. The maximum atomic E-state index is 15.1. The first-order valence-electron chi connectivity index (χ1n) is 12.6. The lowest BCUT2D eigenvalue weighted by Gasteiger charge is -2.57. The summed E-state index contributed by atoms with van der Waals surface area (Å²) >= 11 is 0. The monoisotopic (exact) mass is 441 g/mol. The van der Waals surface area contributed by atoms with Gasteiger partial charge in [-0.1, -0.05) is 20.3 Å². The molecule has 0 aliphatic heterocycles. The molecule has 1 aromatic heterocycles. The van der Waals surface area contributed by atoms with Gasteiger partial charge in [-0.25, -0.2) is 8.78 Å². The molecular weight excluding hydrogens is 408 g/mol. The number of carbonyl (C=O) groups excluding carboxylic acids is 1. The zero-order valence-electron chi connectivity index (χ0n) is 19.0. The Balaban J connectivity index is 1.28. The molecule has 0 bridgehead atoms. The van der Waals surface area contributed by atoms with Crippen molar-refractivity contribution in [3.05, 3.63) is 18.0 Å². The summed E-state index contributed by atoms with van der Waals surface area (Å²) in [6.45, 7) is 4.50. The molecule has 5 aliphatic rings. The van der Waals surface area contributed by atoms with Crippen LogP contribution < -0.4 is 0 Å². The van der Waals surface area contributed by atoms with Gasteiger partial charge in [0.05, 0.1) is 6.54 Å². The minimum absolute atomic E-state index is 0.00929. The molecule has 0 spiro atoms. The minimum atomic E-state index is -2.70. The van der Waals surface area contributed by atoms with Crippen molar-refractivity contribution < 1.29 is 13.6 Å². The van der Waals surface area contributed by atoms with Crippen LogP contribution >= 0.6 is 0 Å². The molecule has 5 fully saturated rings. The Kier molecular flexibility index (Phi) is 4.47. The summed E-state index contributed by atoms with van der Waals surface area (Å²) in [5.41, 5.74) is -0.0723. The van der Waals surface area contributed by atoms with E-state index in [2.05, 4.69) is 18.9 Å². The molecule has 10 atom stereocenters. The van der Waals surface area contributed by atoms with Crippen LogP contribution in [0.25, 0.3) is 0 Å². The van der Waals surface area contributed by atoms with Crippen LogP contribution in [0.1, 0.15) is 64.5 Å². The molecule has 1 heterocycles. The van der Waals surface area contributed by atoms with Crippen LogP contribution in [0, 0.1) is 70.0 Å². The molecule has 0 amide bonds. The lowest BCUT2D eigenvalue weighted by Crippen LogP contribution is -2.52. The lowest BCUT2D eigenvalue weighted by molar-refractivity contribution is -0.142. The molecule has 0 aromatic carbocycles. The van der Waals surface area contributed by atoms with E-state index in [4.69, 9.17) is 5.26 Å². The van der Waals surface area contributed by atoms with E-state index in [0.717, 1.165) is 31.1 Å². The van der Waals surface area contributed by atoms with Gasteiger partial charge in [-0.15, -0.1) is 0 Å². The van der Waals surface area contributed by atoms with E-state index in [1.165, 1.54) is 30.4 Å². The smallest absolute Gasteiger partial charge is 0.255 e. The van der Waals surface area contributed by atoms with Crippen LogP contribution in [0.4, 0.5) is 8.78 Å². The average molecular weight is 442 g/mol. The topological polar surface area (TPSA) is 58.7 Å². The van der Waals surface area contributed by atoms with Crippen molar-refractivity contribution in [2.24, 2.45) is 58.7 Å². The second-order valence-electron chi connectivity index (χ2n) is 12.0. The summed E-state index contributed by atoms with van der Waals surface area (Å²) in [7, 11) is 0. The average Bonchev–Trinajstić information content (AvgIpc) is 3.09. The van der Waals surface area contributed by atoms with E-state index < -0.39 is 23.7 Å². The Morgan fingerprint density at radius 2 is 1.94 bits per heavy atom. The number of aromatic nitrogens is 2. The SMILES string of the molecule is C[C@H]1CC[C@@H]2C3CC[C@@]4(C)C([C@@H]3CC[C@@H]2C1)[C@H]1[C@@H]([C@@H]4C(=O)Cn2ccc(C#N)n2)C1(F)F. The normalized spacial score (nSPS) is 48.0. The van der Waals surface area contributed by atoms with Crippen molar-refractivity contribution in [3.8, 4) is 6.07 Å². The quantitative estimate of drug-likeness (QED) is 0.637. The first-order chi connectivity index (χ1) is 15.3. The van der Waals surface area contributed by atoms with E-state index in [1.54, 1.807) is 12.3 Å². The second kappa shape index (κ2) is 6.87. The summed E-state index contributed by atoms with van der Waals surface area (Å²) in [6, 6.07) is 3.53. The predicted molar refractivity (Wildman–Crippen MR) is 114 cm³/mol. The number of hydrogen-bond acceptors (Lipinski definition) is 3. The summed E-state index contributed by atoms with van der Waals surface area (Å²) in [6.07, 6.45) is 9.73. The number of carbonyl (C=O) groups is 1. The van der Waals surface area contributed by atoms with Crippen molar-refractivity contribution in [1.82, 2.24) is 9.78 Å². The fourth-order valence-electron chi connectivity index (χ4n) is 9.42. The van der Waals surface area contributed by atoms with E-state index in [-0.39, 0.29) is 29.4 Å². The maximum absolute atomic E-state index is 15.1. The number of fused-ring (bicyclic) bond motifs is 7. The third-order valence-electron chi connectivity index (χ3n) is 10.6. The molecule has 32 heavy (non-hydrogen) atoms. The van der Waals surface area contributed by atoms with Gasteiger partial charge in [0.1, 0.15) is 6.07 Å². The Morgan fingerprint density at radius 3 is 2.69 bits per heavy atom. The molecule has 2 unspecified atom stereocenters. The van der Waals surface area contributed by atoms with Crippen LogP contribution in [0.5, 0.6) is 0 Å². The Labute approximate surface area is 188 Å². The highest BCUT2D eigenvalue weighted by atomic mass is 19.3. The van der Waals surface area contributed by atoms with Gasteiger partial charge in [0.15, 0.2) is 11.5 Å². The van der Waals surface area contributed by atoms with Gasteiger partial charge in [-0.2, -0.15) is 10.4 Å². The molecule has 0 radical (unpaired) electrons. The molecule has 172 valence electrons. The number of nitriles is 1. The number of rotatable bonds is 3. The minimum Gasteiger partial charge on any atom is -0.297 e. The fraction of sp³-hybridized carbons (Fsp3) is 0.808. The second-order valence-corrected chi connectivity index (χ2v) is 12.0. The Morgan fingerprint density at radius 1 is 1.16 bits per heavy atom. The van der Waals surface area contributed by atoms with E-state index >= 15 is 8.78 Å². The van der Waals surface area contributed by atoms with Gasteiger partial charge in [-0.05, 0) is 85.5 Å². The van der Waals surface area contributed by atoms with Crippen molar-refractivity contribution >= 4 is 5.78 Å². The highest BCUT2D eigenvalue weighted by Gasteiger charge is 2.84. The van der Waals surface area contributed by atoms with Gasteiger partial charge in [-0.3, -0.25) is 9.48 Å². The fourth-order valence-corrected chi connectivity index (χ4v) is 9.42. The molecule has 5 aliphatic carbocycles. The van der Waals surface area contributed by atoms with Gasteiger partial charge in [0, 0.05) is 24.0 Å². The van der Waals surface area contributed by atoms with Gasteiger partial charge >= 0.3 is 0 Å². The highest BCUT2D eigenvalue weighted by molar-refractivity contribution is 5.83. The molecule has 6 heteroatoms. The van der Waals surface area contributed by atoms with Crippen LogP contribution in [-0.4, -0.2) is 21.5 Å². The molecule has 4 nitrogen and oxygen atoms in total. The van der Waals surface area contributed by atoms with Gasteiger partial charge < -0.3 is 0 Å². The van der Waals surface area contributed by atoms with Crippen LogP contribution in [0.2, 0.25) is 0 Å². The predicted octanol–water partition coefficient (Wildman–Crippen LogP) is 5.33. The van der Waals surface area contributed by atoms with Crippen molar-refractivity contribution in [1.29, 1.82) is 5.26 Å². The van der Waals surface area contributed by atoms with E-state index in [9.17, 15) is 4.79 Å². The van der Waals surface area contributed by atoms with Gasteiger partial charge in [0.2, 0.25) is 0 Å². The zero-order chi connectivity index (χ0) is 22.4. The van der Waals surface area contributed by atoms with Crippen LogP contribution in [0.15, 0.2) is 12.3 Å². The van der Waals surface area contributed by atoms with Crippen molar-refractivity contribution in [3.63, 3.8) is 0 Å². The number of alkyl halides is 2. The summed E-state index contributed by atoms with van der Waals surface area (Å²) in [5.74, 6) is -1.60. The molecule has 5 saturated carbocycles. The summed E-state index contributed by atoms with van der Waals surface area (Å²) < 4.78 is 31.7. The molecule has 0 N–H and O–H groups in total. The molecular formula is C26H33F2N3O. The lowest BCUT2D eigenvalue weighted by atomic mass is 9.48. The number of hydrogen-bond donors (Lipinski definition) is 0. The Bertz CT molecular complexity index is 982. The number of halogens is 2. The number of nitrogens with zero attached hydrogens (tertiary/aromatic N) is 3. The van der Waals surface area contributed by atoms with E-state index in [0.29, 0.717) is 17.8 Å². The standard InChI is InChI=1S/C26H33F2N3O/c1-14-3-5-17-15(11-14)4-6-19-18(17)7-9-25(2)21(19)23-24(26(23,27)28)22(25)20(32)13-31-10-8-16(12-29)30-31/h8,10,14-15,17-19,21-24H,3-7,9,11,13H2,1-2H3/t14-,15+,17-,18?,19+,21?,22-,23-,24+,25-/m0/s1. The molecule has 0 saturated heterocycles. The van der Waals surface area contributed by atoms with Crippen molar-refractivity contribution in [2.75, 3.05) is 0 Å². The van der Waals surface area contributed by atoms with Gasteiger partial charge in [0.25, 0.3) is 5.92 Å². The van der Waals surface area contributed by atoms with E-state index in [1.807, 2.05) is 6.07 Å². The van der Waals surface area contributed by atoms with Crippen molar-refractivity contribution in [2.45, 2.75) is 71.3 Å². The van der Waals surface area contributed by atoms with Crippen LogP contribution in [-0.2, 0) is 11.3 Å². The Hall–Kier alpha value is -1.77. The highest BCUT2D eigenvalue weighted by Crippen LogP contribution is 2.79. The summed E-state index contributed by atoms with van der Waals surface area (Å²) in [4.78, 5) is 13.4.